The van der Waals surface area contributed by atoms with Crippen LogP contribution in [-0.4, -0.2) is 29.0 Å². The Balaban J connectivity index is 1.98. The van der Waals surface area contributed by atoms with Crippen LogP contribution in [0.2, 0.25) is 0 Å². The quantitative estimate of drug-likeness (QED) is 0.939. The number of rotatable bonds is 3. The van der Waals surface area contributed by atoms with Gasteiger partial charge in [-0.05, 0) is 43.9 Å². The fraction of sp³-hybridized carbons (Fsp3) is 0.500. The van der Waals surface area contributed by atoms with Crippen LogP contribution in [0.15, 0.2) is 36.5 Å². The molecule has 3 nitrogen and oxygen atoms in total. The zero-order valence-corrected chi connectivity index (χ0v) is 13.0. The Kier molecular flexibility index (Phi) is 4.22. The lowest BCUT2D eigenvalue weighted by Gasteiger charge is -2.41. The fourth-order valence-corrected chi connectivity index (χ4v) is 3.73. The van der Waals surface area contributed by atoms with Gasteiger partial charge >= 0.3 is 0 Å². The molecule has 112 valence electrons. The van der Waals surface area contributed by atoms with E-state index in [0.29, 0.717) is 12.6 Å². The number of hydrogen-bond acceptors (Lipinski definition) is 3. The van der Waals surface area contributed by atoms with Crippen LogP contribution in [0.5, 0.6) is 0 Å². The van der Waals surface area contributed by atoms with E-state index in [9.17, 15) is 0 Å². The largest absolute Gasteiger partial charge is 0.329 e. The van der Waals surface area contributed by atoms with E-state index in [2.05, 4.69) is 48.0 Å². The lowest BCUT2D eigenvalue weighted by molar-refractivity contribution is 0.0853. The first-order chi connectivity index (χ1) is 10.2. The van der Waals surface area contributed by atoms with Crippen LogP contribution in [0.3, 0.4) is 0 Å². The molecular formula is C18H25N3. The number of likely N-dealkylation sites (tertiary alicyclic amines) is 1. The summed E-state index contributed by atoms with van der Waals surface area (Å²) in [6, 6.07) is 11.4. The molecule has 3 unspecified atom stereocenters. The second-order valence-electron chi connectivity index (χ2n) is 6.39. The second kappa shape index (κ2) is 6.12. The number of hydrogen-bond donors (Lipinski definition) is 1. The molecule has 3 heteroatoms. The topological polar surface area (TPSA) is 42.1 Å². The maximum absolute atomic E-state index is 6.15. The Morgan fingerprint density at radius 3 is 2.86 bits per heavy atom. The van der Waals surface area contributed by atoms with Gasteiger partial charge in [0.05, 0.1) is 5.52 Å². The van der Waals surface area contributed by atoms with Crippen LogP contribution >= 0.6 is 0 Å². The van der Waals surface area contributed by atoms with Crippen molar-refractivity contribution in [3.63, 3.8) is 0 Å². The summed E-state index contributed by atoms with van der Waals surface area (Å²) in [6.45, 7) is 6.46. The van der Waals surface area contributed by atoms with Crippen molar-refractivity contribution in [2.24, 2.45) is 11.7 Å². The van der Waals surface area contributed by atoms with Gasteiger partial charge in [0.1, 0.15) is 0 Å². The van der Waals surface area contributed by atoms with Gasteiger partial charge in [-0.1, -0.05) is 31.2 Å². The molecule has 0 spiro atoms. The summed E-state index contributed by atoms with van der Waals surface area (Å²) < 4.78 is 0. The number of piperidine rings is 1. The normalized spacial score (nSPS) is 25.1. The molecule has 1 aliphatic heterocycles. The smallest absolute Gasteiger partial charge is 0.0750 e. The van der Waals surface area contributed by atoms with Crippen LogP contribution in [0.1, 0.15) is 38.3 Å². The van der Waals surface area contributed by atoms with E-state index >= 15 is 0 Å². The predicted octanol–water partition coefficient (Wildman–Crippen LogP) is 3.36. The summed E-state index contributed by atoms with van der Waals surface area (Å²) >= 11 is 0. The molecule has 1 aliphatic rings. The van der Waals surface area contributed by atoms with Crippen LogP contribution < -0.4 is 5.73 Å². The Labute approximate surface area is 127 Å². The first-order valence-corrected chi connectivity index (χ1v) is 8.00. The van der Waals surface area contributed by atoms with Crippen molar-refractivity contribution in [2.45, 2.75) is 38.8 Å². The SMILES string of the molecule is CC1CCN(C(CN)c2cccc3cccnc23)C(C)C1. The van der Waals surface area contributed by atoms with Crippen molar-refractivity contribution in [3.8, 4) is 0 Å². The minimum Gasteiger partial charge on any atom is -0.329 e. The summed E-state index contributed by atoms with van der Waals surface area (Å²) in [7, 11) is 0. The predicted molar refractivity (Wildman–Crippen MR) is 88.1 cm³/mol. The van der Waals surface area contributed by atoms with E-state index < -0.39 is 0 Å². The second-order valence-corrected chi connectivity index (χ2v) is 6.39. The van der Waals surface area contributed by atoms with Gasteiger partial charge in [-0.25, -0.2) is 0 Å². The van der Waals surface area contributed by atoms with Gasteiger partial charge in [-0.3, -0.25) is 9.88 Å². The minimum absolute atomic E-state index is 0.270. The molecule has 0 bridgehead atoms. The average molecular weight is 283 g/mol. The molecular weight excluding hydrogens is 258 g/mol. The monoisotopic (exact) mass is 283 g/mol. The number of nitrogens with zero attached hydrogens (tertiary/aromatic N) is 2. The Morgan fingerprint density at radius 2 is 2.10 bits per heavy atom. The molecule has 1 fully saturated rings. The first kappa shape index (κ1) is 14.5. The molecule has 1 saturated heterocycles. The molecule has 3 rings (SSSR count). The van der Waals surface area contributed by atoms with Gasteiger partial charge in [-0.15, -0.1) is 0 Å². The van der Waals surface area contributed by atoms with Crippen LogP contribution in [0, 0.1) is 5.92 Å². The molecule has 2 heterocycles. The standard InChI is InChI=1S/C18H25N3/c1-13-8-10-21(14(2)11-13)17(12-19)16-7-3-5-15-6-4-9-20-18(15)16/h3-7,9,13-14,17H,8,10-12,19H2,1-2H3. The van der Waals surface area contributed by atoms with E-state index in [-0.39, 0.29) is 6.04 Å². The van der Waals surface area contributed by atoms with Crippen molar-refractivity contribution in [1.29, 1.82) is 0 Å². The third-order valence-electron chi connectivity index (χ3n) is 4.84. The molecule has 21 heavy (non-hydrogen) atoms. The lowest BCUT2D eigenvalue weighted by Crippen LogP contribution is -2.45. The van der Waals surface area contributed by atoms with Crippen molar-refractivity contribution in [1.82, 2.24) is 9.88 Å². The van der Waals surface area contributed by atoms with E-state index in [0.717, 1.165) is 18.0 Å². The van der Waals surface area contributed by atoms with Gasteiger partial charge in [0.2, 0.25) is 0 Å². The van der Waals surface area contributed by atoms with Crippen LogP contribution in [-0.2, 0) is 0 Å². The zero-order valence-electron chi connectivity index (χ0n) is 13.0. The number of benzene rings is 1. The average Bonchev–Trinajstić information content (AvgIpc) is 2.50. The molecule has 1 aromatic carbocycles. The van der Waals surface area contributed by atoms with E-state index in [4.69, 9.17) is 5.73 Å². The highest BCUT2D eigenvalue weighted by atomic mass is 15.2. The van der Waals surface area contributed by atoms with Gasteiger partial charge in [0.25, 0.3) is 0 Å². The molecule has 2 aromatic rings. The number of nitrogens with two attached hydrogens (primary N) is 1. The molecule has 1 aromatic heterocycles. The zero-order chi connectivity index (χ0) is 14.8. The summed E-state index contributed by atoms with van der Waals surface area (Å²) in [5.74, 6) is 0.820. The third kappa shape index (κ3) is 2.81. The highest BCUT2D eigenvalue weighted by Gasteiger charge is 2.29. The van der Waals surface area contributed by atoms with E-state index in [1.165, 1.54) is 23.8 Å². The van der Waals surface area contributed by atoms with Gasteiger partial charge in [0, 0.05) is 30.2 Å². The molecule has 0 radical (unpaired) electrons. The number of para-hydroxylation sites is 1. The number of aromatic nitrogens is 1. The molecule has 0 amide bonds. The van der Waals surface area contributed by atoms with Crippen molar-refractivity contribution < 1.29 is 0 Å². The van der Waals surface area contributed by atoms with E-state index in [1.807, 2.05) is 12.3 Å². The molecule has 0 saturated carbocycles. The van der Waals surface area contributed by atoms with Crippen LogP contribution in [0.4, 0.5) is 0 Å². The molecule has 3 atom stereocenters. The Morgan fingerprint density at radius 1 is 1.29 bits per heavy atom. The van der Waals surface area contributed by atoms with Crippen molar-refractivity contribution in [3.05, 3.63) is 42.1 Å². The first-order valence-electron chi connectivity index (χ1n) is 8.00. The summed E-state index contributed by atoms with van der Waals surface area (Å²) in [6.07, 6.45) is 4.40. The maximum atomic E-state index is 6.15. The lowest BCUT2D eigenvalue weighted by atomic mass is 9.90. The van der Waals surface area contributed by atoms with Crippen LogP contribution in [0.25, 0.3) is 10.9 Å². The fourth-order valence-electron chi connectivity index (χ4n) is 3.73. The summed E-state index contributed by atoms with van der Waals surface area (Å²) in [5, 5.41) is 1.20. The maximum Gasteiger partial charge on any atom is 0.0750 e. The molecule has 0 aliphatic carbocycles. The molecule has 2 N–H and O–H groups in total. The van der Waals surface area contributed by atoms with Gasteiger partial charge in [0.15, 0.2) is 0 Å². The Hall–Kier alpha value is -1.45. The number of pyridine rings is 1. The number of fused-ring (bicyclic) bond motifs is 1. The summed E-state index contributed by atoms with van der Waals surface area (Å²) in [4.78, 5) is 7.18. The third-order valence-corrected chi connectivity index (χ3v) is 4.84. The minimum atomic E-state index is 0.270. The Bertz CT molecular complexity index is 605. The summed E-state index contributed by atoms with van der Waals surface area (Å²) in [5.41, 5.74) is 8.53. The van der Waals surface area contributed by atoms with Gasteiger partial charge < -0.3 is 5.73 Å². The van der Waals surface area contributed by atoms with E-state index in [1.54, 1.807) is 0 Å². The van der Waals surface area contributed by atoms with Crippen molar-refractivity contribution >= 4 is 10.9 Å². The van der Waals surface area contributed by atoms with Crippen molar-refractivity contribution in [2.75, 3.05) is 13.1 Å². The highest BCUT2D eigenvalue weighted by Crippen LogP contribution is 2.32. The van der Waals surface area contributed by atoms with Gasteiger partial charge in [-0.2, -0.15) is 0 Å². The highest BCUT2D eigenvalue weighted by molar-refractivity contribution is 5.82.